The molecule has 4 heteroatoms. The van der Waals surface area contributed by atoms with Crippen LogP contribution in [0.4, 0.5) is 0 Å². The van der Waals surface area contributed by atoms with E-state index in [0.717, 1.165) is 11.3 Å². The molecule has 0 unspecified atom stereocenters. The summed E-state index contributed by atoms with van der Waals surface area (Å²) in [5.74, 6) is -0.192. The highest BCUT2D eigenvalue weighted by molar-refractivity contribution is 7.09. The molecule has 2 aromatic rings. The molecule has 76 valence electrons. The third-order valence-electron chi connectivity index (χ3n) is 1.99. The van der Waals surface area contributed by atoms with Crippen molar-refractivity contribution in [1.82, 2.24) is 4.98 Å². The van der Waals surface area contributed by atoms with E-state index in [2.05, 4.69) is 4.98 Å². The fourth-order valence-corrected chi connectivity index (χ4v) is 2.07. The predicted octanol–water partition coefficient (Wildman–Crippen LogP) is 2.18. The highest BCUT2D eigenvalue weighted by Gasteiger charge is 2.11. The Bertz CT molecular complexity index is 534. The third kappa shape index (κ3) is 1.89. The van der Waals surface area contributed by atoms with E-state index in [1.165, 1.54) is 0 Å². The number of nitrogens with zero attached hydrogens (tertiary/aromatic N) is 1. The molecule has 0 spiro atoms. The Labute approximate surface area is 90.7 Å². The lowest BCUT2D eigenvalue weighted by Gasteiger charge is -2.02. The van der Waals surface area contributed by atoms with Crippen LogP contribution < -0.4 is 4.74 Å². The van der Waals surface area contributed by atoms with Gasteiger partial charge in [-0.25, -0.2) is 4.98 Å². The normalized spacial score (nSPS) is 10.2. The maximum absolute atomic E-state index is 11.7. The van der Waals surface area contributed by atoms with Crippen molar-refractivity contribution < 1.29 is 5.11 Å². The zero-order valence-corrected chi connectivity index (χ0v) is 8.91. The molecular weight excluding hydrogens is 210 g/mol. The van der Waals surface area contributed by atoms with Gasteiger partial charge >= 0.3 is 0 Å². The predicted molar refractivity (Wildman–Crippen MR) is 60.2 cm³/mol. The van der Waals surface area contributed by atoms with E-state index in [4.69, 9.17) is 0 Å². The van der Waals surface area contributed by atoms with Gasteiger partial charge in [-0.2, -0.15) is 0 Å². The molecule has 0 fully saturated rings. The summed E-state index contributed by atoms with van der Waals surface area (Å²) in [6.07, 6.45) is 0. The van der Waals surface area contributed by atoms with Gasteiger partial charge in [0.25, 0.3) is 0 Å². The second-order valence-electron chi connectivity index (χ2n) is 3.08. The fourth-order valence-electron chi connectivity index (χ4n) is 1.36. The van der Waals surface area contributed by atoms with Crippen LogP contribution in [-0.4, -0.2) is 10.1 Å². The summed E-state index contributed by atoms with van der Waals surface area (Å²) in [5, 5.41) is 10.2. The van der Waals surface area contributed by atoms with Gasteiger partial charge in [0.2, 0.25) is 10.6 Å². The number of aromatic hydroxyl groups is 1. The SMILES string of the molecule is Cc1nc(O)c(-c2ccccc2)c(=O)s1. The minimum absolute atomic E-state index is 0.161. The molecule has 0 aliphatic carbocycles. The lowest BCUT2D eigenvalue weighted by atomic mass is 10.1. The lowest BCUT2D eigenvalue weighted by molar-refractivity contribution is 0.455. The van der Waals surface area contributed by atoms with E-state index in [1.54, 1.807) is 19.1 Å². The molecule has 0 amide bonds. The average Bonchev–Trinajstić information content (AvgIpc) is 2.17. The first-order valence-electron chi connectivity index (χ1n) is 4.44. The summed E-state index contributed by atoms with van der Waals surface area (Å²) in [6, 6.07) is 9.05. The van der Waals surface area contributed by atoms with Gasteiger partial charge in [-0.1, -0.05) is 41.7 Å². The summed E-state index contributed by atoms with van der Waals surface area (Å²) in [7, 11) is 0. The molecule has 1 aromatic heterocycles. The summed E-state index contributed by atoms with van der Waals surface area (Å²) < 4.78 is -0.161. The monoisotopic (exact) mass is 219 g/mol. The van der Waals surface area contributed by atoms with Crippen LogP contribution in [0.2, 0.25) is 0 Å². The Balaban J connectivity index is 2.69. The molecule has 2 rings (SSSR count). The molecule has 1 aromatic carbocycles. The van der Waals surface area contributed by atoms with E-state index >= 15 is 0 Å². The highest BCUT2D eigenvalue weighted by atomic mass is 32.1. The van der Waals surface area contributed by atoms with E-state index in [1.807, 2.05) is 18.2 Å². The quantitative estimate of drug-likeness (QED) is 0.799. The van der Waals surface area contributed by atoms with Crippen molar-refractivity contribution in [3.8, 4) is 17.0 Å². The van der Waals surface area contributed by atoms with Gasteiger partial charge in [0.15, 0.2) is 0 Å². The standard InChI is InChI=1S/C11H9NO2S/c1-7-12-10(13)9(11(14)15-7)8-5-3-2-4-6-8/h2-6,13H,1H3. The molecule has 1 heterocycles. The molecule has 3 nitrogen and oxygen atoms in total. The van der Waals surface area contributed by atoms with Crippen LogP contribution in [0.1, 0.15) is 5.01 Å². The molecule has 15 heavy (non-hydrogen) atoms. The van der Waals surface area contributed by atoms with E-state index in [0.29, 0.717) is 10.6 Å². The maximum Gasteiger partial charge on any atom is 0.247 e. The molecule has 0 saturated carbocycles. The van der Waals surface area contributed by atoms with Crippen molar-refractivity contribution >= 4 is 11.3 Å². The van der Waals surface area contributed by atoms with Crippen molar-refractivity contribution in [2.45, 2.75) is 6.92 Å². The van der Waals surface area contributed by atoms with Gasteiger partial charge in [-0.15, -0.1) is 0 Å². The molecule has 0 bridgehead atoms. The van der Waals surface area contributed by atoms with Crippen molar-refractivity contribution in [2.75, 3.05) is 0 Å². The van der Waals surface area contributed by atoms with Crippen LogP contribution in [0.3, 0.4) is 0 Å². The summed E-state index contributed by atoms with van der Waals surface area (Å²) in [4.78, 5) is 15.6. The van der Waals surface area contributed by atoms with E-state index < -0.39 is 0 Å². The van der Waals surface area contributed by atoms with Crippen molar-refractivity contribution in [3.63, 3.8) is 0 Å². The van der Waals surface area contributed by atoms with Crippen LogP contribution in [0.15, 0.2) is 35.1 Å². The smallest absolute Gasteiger partial charge is 0.247 e. The minimum atomic E-state index is -0.192. The highest BCUT2D eigenvalue weighted by Crippen LogP contribution is 2.24. The second-order valence-corrected chi connectivity index (χ2v) is 4.25. The van der Waals surface area contributed by atoms with Crippen molar-refractivity contribution in [1.29, 1.82) is 0 Å². The first-order valence-corrected chi connectivity index (χ1v) is 5.26. The first-order chi connectivity index (χ1) is 7.18. The van der Waals surface area contributed by atoms with Crippen LogP contribution in [0.5, 0.6) is 5.88 Å². The Kier molecular flexibility index (Phi) is 2.51. The number of hydrogen-bond donors (Lipinski definition) is 1. The summed E-state index contributed by atoms with van der Waals surface area (Å²) in [5.41, 5.74) is 0.981. The molecule has 0 saturated heterocycles. The van der Waals surface area contributed by atoms with Crippen LogP contribution in [0, 0.1) is 6.92 Å². The molecule has 0 radical (unpaired) electrons. The fraction of sp³-hybridized carbons (Fsp3) is 0.0909. The Hall–Kier alpha value is -1.68. The number of aromatic nitrogens is 1. The van der Waals surface area contributed by atoms with Gasteiger partial charge in [0.05, 0.1) is 5.01 Å². The van der Waals surface area contributed by atoms with Gasteiger partial charge in [-0.3, -0.25) is 4.79 Å². The van der Waals surface area contributed by atoms with Crippen LogP contribution >= 0.6 is 11.3 Å². The maximum atomic E-state index is 11.7. The minimum Gasteiger partial charge on any atom is -0.493 e. The zero-order chi connectivity index (χ0) is 10.8. The van der Waals surface area contributed by atoms with Crippen molar-refractivity contribution in [2.24, 2.45) is 0 Å². The number of rotatable bonds is 1. The van der Waals surface area contributed by atoms with Gasteiger partial charge in [0, 0.05) is 0 Å². The van der Waals surface area contributed by atoms with Crippen molar-refractivity contribution in [3.05, 3.63) is 44.9 Å². The van der Waals surface area contributed by atoms with E-state index in [9.17, 15) is 9.90 Å². The number of benzene rings is 1. The molecule has 0 atom stereocenters. The Morgan fingerprint density at radius 1 is 1.27 bits per heavy atom. The molecular formula is C11H9NO2S. The second kappa shape index (κ2) is 3.82. The average molecular weight is 219 g/mol. The van der Waals surface area contributed by atoms with Crippen LogP contribution in [0.25, 0.3) is 11.1 Å². The van der Waals surface area contributed by atoms with E-state index in [-0.39, 0.29) is 16.2 Å². The molecule has 0 aliphatic heterocycles. The first kappa shape index (κ1) is 9.86. The topological polar surface area (TPSA) is 50.2 Å². The lowest BCUT2D eigenvalue weighted by Crippen LogP contribution is -2.02. The van der Waals surface area contributed by atoms with Gasteiger partial charge in [0.1, 0.15) is 5.56 Å². The largest absolute Gasteiger partial charge is 0.493 e. The summed E-state index contributed by atoms with van der Waals surface area (Å²) in [6.45, 7) is 1.70. The number of aryl methyl sites for hydroxylation is 1. The number of hydrogen-bond acceptors (Lipinski definition) is 4. The van der Waals surface area contributed by atoms with Gasteiger partial charge in [-0.05, 0) is 12.5 Å². The third-order valence-corrected chi connectivity index (χ3v) is 2.77. The zero-order valence-electron chi connectivity index (χ0n) is 8.10. The Morgan fingerprint density at radius 3 is 2.53 bits per heavy atom. The van der Waals surface area contributed by atoms with Gasteiger partial charge < -0.3 is 5.11 Å². The Morgan fingerprint density at radius 2 is 1.93 bits per heavy atom. The summed E-state index contributed by atoms with van der Waals surface area (Å²) >= 11 is 1.04. The van der Waals surface area contributed by atoms with Crippen LogP contribution in [-0.2, 0) is 0 Å². The molecule has 1 N–H and O–H groups in total. The molecule has 0 aliphatic rings.